The molecule has 0 saturated carbocycles. The van der Waals surface area contributed by atoms with Gasteiger partial charge in [0, 0.05) is 39.2 Å². The van der Waals surface area contributed by atoms with Gasteiger partial charge in [-0.2, -0.15) is 0 Å². The second-order valence-corrected chi connectivity index (χ2v) is 12.6. The van der Waals surface area contributed by atoms with Crippen molar-refractivity contribution in [1.82, 2.24) is 19.9 Å². The number of aromatic nitrogens is 4. The number of nitrogens with zero attached hydrogens (tertiary/aromatic N) is 4. The van der Waals surface area contributed by atoms with Crippen molar-refractivity contribution >= 4 is 49.6 Å². The van der Waals surface area contributed by atoms with E-state index >= 15 is 0 Å². The molecule has 10 rings (SSSR count). The largest absolute Gasteiger partial charge is 0.454 e. The van der Waals surface area contributed by atoms with E-state index in [0.717, 1.165) is 73.5 Å². The van der Waals surface area contributed by atoms with E-state index < -0.39 is 0 Å². The smallest absolute Gasteiger partial charge is 0.164 e. The number of hydrogen-bond donors (Lipinski definition) is 0. The molecule has 0 saturated heterocycles. The van der Waals surface area contributed by atoms with Gasteiger partial charge in [0.15, 0.2) is 23.1 Å². The molecule has 0 spiro atoms. The summed E-state index contributed by atoms with van der Waals surface area (Å²) in [6, 6.07) is 44.1. The van der Waals surface area contributed by atoms with Crippen LogP contribution >= 0.6 is 0 Å². The lowest BCUT2D eigenvalue weighted by molar-refractivity contribution is 0.668. The highest BCUT2D eigenvalue weighted by Crippen LogP contribution is 2.39. The van der Waals surface area contributed by atoms with Crippen molar-refractivity contribution in [2.75, 3.05) is 0 Å². The minimum Gasteiger partial charge on any atom is -0.454 e. The quantitative estimate of drug-likeness (QED) is 0.194. The highest BCUT2D eigenvalue weighted by Gasteiger charge is 2.17. The van der Waals surface area contributed by atoms with E-state index in [1.165, 1.54) is 21.9 Å². The minimum atomic E-state index is 0.643. The first kappa shape index (κ1) is 27.6. The van der Waals surface area contributed by atoms with Crippen LogP contribution in [-0.2, 0) is 6.42 Å². The lowest BCUT2D eigenvalue weighted by Crippen LogP contribution is -2.01. The van der Waals surface area contributed by atoms with Crippen LogP contribution in [0.3, 0.4) is 0 Å². The second-order valence-electron chi connectivity index (χ2n) is 12.6. The summed E-state index contributed by atoms with van der Waals surface area (Å²) >= 11 is 0. The molecule has 0 amide bonds. The van der Waals surface area contributed by atoms with Gasteiger partial charge in [0.2, 0.25) is 0 Å². The van der Waals surface area contributed by atoms with Gasteiger partial charge < -0.3 is 4.42 Å². The van der Waals surface area contributed by atoms with Crippen molar-refractivity contribution in [1.29, 1.82) is 0 Å². The lowest BCUT2D eigenvalue weighted by Gasteiger charge is -2.13. The van der Waals surface area contributed by atoms with Crippen LogP contribution < -0.4 is 0 Å². The van der Waals surface area contributed by atoms with E-state index in [0.29, 0.717) is 17.5 Å². The molecule has 0 bridgehead atoms. The molecule has 3 aromatic heterocycles. The molecule has 0 radical (unpaired) electrons. The SMILES string of the molecule is C1=Cc2cc(-c3nc(-c4ccccc4)nc(-c4ccc5cc(-c6nccc7c6oc6ccc8ccccc8c67)ccc5c4)n3)ccc2CC1. The van der Waals surface area contributed by atoms with Crippen LogP contribution in [0, 0.1) is 0 Å². The zero-order valence-corrected chi connectivity index (χ0v) is 26.5. The van der Waals surface area contributed by atoms with E-state index in [1.807, 2.05) is 36.5 Å². The van der Waals surface area contributed by atoms with Crippen molar-refractivity contribution in [2.45, 2.75) is 12.8 Å². The maximum Gasteiger partial charge on any atom is 0.164 e. The Kier molecular flexibility index (Phi) is 6.24. The molecule has 5 nitrogen and oxygen atoms in total. The molecule has 9 aromatic rings. The van der Waals surface area contributed by atoms with E-state index in [1.54, 1.807) is 0 Å². The van der Waals surface area contributed by atoms with Crippen LogP contribution in [0.1, 0.15) is 17.5 Å². The number of benzene rings is 6. The summed E-state index contributed by atoms with van der Waals surface area (Å²) in [5.41, 5.74) is 8.96. The fourth-order valence-electron chi connectivity index (χ4n) is 7.13. The Morgan fingerprint density at radius 1 is 0.531 bits per heavy atom. The van der Waals surface area contributed by atoms with E-state index in [4.69, 9.17) is 24.4 Å². The number of allylic oxidation sites excluding steroid dienone is 1. The summed E-state index contributed by atoms with van der Waals surface area (Å²) < 4.78 is 6.47. The number of rotatable bonds is 4. The topological polar surface area (TPSA) is 64.7 Å². The van der Waals surface area contributed by atoms with Gasteiger partial charge in [-0.05, 0) is 75.8 Å². The molecule has 1 aliphatic carbocycles. The molecular formula is C44H28N4O. The zero-order chi connectivity index (χ0) is 32.3. The summed E-state index contributed by atoms with van der Waals surface area (Å²) in [6.45, 7) is 0. The summed E-state index contributed by atoms with van der Waals surface area (Å²) in [5.74, 6) is 1.96. The first-order chi connectivity index (χ1) is 24.2. The van der Waals surface area contributed by atoms with Crippen molar-refractivity contribution < 1.29 is 4.42 Å². The molecule has 1 aliphatic rings. The Hall–Kier alpha value is -6.46. The highest BCUT2D eigenvalue weighted by atomic mass is 16.3. The Balaban J connectivity index is 1.08. The van der Waals surface area contributed by atoms with Crippen molar-refractivity contribution in [3.05, 3.63) is 151 Å². The molecule has 6 aromatic carbocycles. The third-order valence-corrected chi connectivity index (χ3v) is 9.60. The molecular weight excluding hydrogens is 601 g/mol. The fraction of sp³-hybridized carbons (Fsp3) is 0.0455. The van der Waals surface area contributed by atoms with Gasteiger partial charge >= 0.3 is 0 Å². The molecule has 49 heavy (non-hydrogen) atoms. The van der Waals surface area contributed by atoms with Crippen LogP contribution in [0.4, 0.5) is 0 Å². The second kappa shape index (κ2) is 11.1. The van der Waals surface area contributed by atoms with Gasteiger partial charge in [-0.1, -0.05) is 109 Å². The predicted octanol–water partition coefficient (Wildman–Crippen LogP) is 11.1. The Bertz CT molecular complexity index is 2780. The van der Waals surface area contributed by atoms with Crippen LogP contribution in [0.25, 0.3) is 95.0 Å². The molecule has 230 valence electrons. The third kappa shape index (κ3) is 4.70. The summed E-state index contributed by atoms with van der Waals surface area (Å²) in [6.07, 6.45) is 8.45. The van der Waals surface area contributed by atoms with Gasteiger partial charge in [0.25, 0.3) is 0 Å². The van der Waals surface area contributed by atoms with Gasteiger partial charge in [-0.3, -0.25) is 4.98 Å². The maximum atomic E-state index is 6.47. The first-order valence-corrected chi connectivity index (χ1v) is 16.6. The van der Waals surface area contributed by atoms with Crippen LogP contribution in [0.2, 0.25) is 0 Å². The van der Waals surface area contributed by atoms with Gasteiger partial charge in [0.05, 0.1) is 0 Å². The summed E-state index contributed by atoms with van der Waals surface area (Å²) in [4.78, 5) is 19.8. The summed E-state index contributed by atoms with van der Waals surface area (Å²) in [7, 11) is 0. The average molecular weight is 629 g/mol. The normalized spacial score (nSPS) is 12.7. The van der Waals surface area contributed by atoms with Crippen LogP contribution in [0.15, 0.2) is 144 Å². The number of aryl methyl sites for hydroxylation is 1. The first-order valence-electron chi connectivity index (χ1n) is 16.6. The molecule has 0 aliphatic heterocycles. The van der Waals surface area contributed by atoms with Gasteiger partial charge in [-0.15, -0.1) is 0 Å². The molecule has 5 heteroatoms. The van der Waals surface area contributed by atoms with Gasteiger partial charge in [0.1, 0.15) is 11.3 Å². The number of furan rings is 1. The monoisotopic (exact) mass is 628 g/mol. The average Bonchev–Trinajstić information content (AvgIpc) is 3.57. The lowest BCUT2D eigenvalue weighted by atomic mass is 9.95. The molecule has 3 heterocycles. The van der Waals surface area contributed by atoms with E-state index in [2.05, 4.69) is 109 Å². The van der Waals surface area contributed by atoms with Crippen LogP contribution in [-0.4, -0.2) is 19.9 Å². The molecule has 0 unspecified atom stereocenters. The zero-order valence-electron chi connectivity index (χ0n) is 26.5. The summed E-state index contributed by atoms with van der Waals surface area (Å²) in [5, 5.41) is 6.76. The Morgan fingerprint density at radius 3 is 2.08 bits per heavy atom. The molecule has 0 atom stereocenters. The molecule has 0 N–H and O–H groups in total. The maximum absolute atomic E-state index is 6.47. The Labute approximate surface area is 282 Å². The predicted molar refractivity (Wildman–Crippen MR) is 199 cm³/mol. The number of fused-ring (bicyclic) bond motifs is 7. The van der Waals surface area contributed by atoms with E-state index in [-0.39, 0.29) is 0 Å². The van der Waals surface area contributed by atoms with E-state index in [9.17, 15) is 0 Å². The van der Waals surface area contributed by atoms with Crippen molar-refractivity contribution in [3.8, 4) is 45.4 Å². The van der Waals surface area contributed by atoms with Crippen molar-refractivity contribution in [2.24, 2.45) is 0 Å². The Morgan fingerprint density at radius 2 is 1.22 bits per heavy atom. The highest BCUT2D eigenvalue weighted by molar-refractivity contribution is 6.20. The minimum absolute atomic E-state index is 0.643. The van der Waals surface area contributed by atoms with Crippen molar-refractivity contribution in [3.63, 3.8) is 0 Å². The fourth-order valence-corrected chi connectivity index (χ4v) is 7.13. The number of hydrogen-bond acceptors (Lipinski definition) is 5. The van der Waals surface area contributed by atoms with Crippen LogP contribution in [0.5, 0.6) is 0 Å². The van der Waals surface area contributed by atoms with Gasteiger partial charge in [-0.25, -0.2) is 15.0 Å². The third-order valence-electron chi connectivity index (χ3n) is 9.60. The standard InChI is InChI=1S/C44H28N4O/c1-2-10-29(11-3-1)42-46-43(34-18-14-27-8-4-5-12-30(27)25-34)48-44(47-42)35-19-16-31-24-33(17-15-32(31)26-35)40-41-37(22-23-45-40)39-36-13-7-6-9-28(36)20-21-38(39)49-41/h1-3,5-7,9-26H,4,8H2. The molecule has 0 fully saturated rings. The number of pyridine rings is 1.